The Kier molecular flexibility index (Phi) is 10.0. The monoisotopic (exact) mass is 728 g/mol. The lowest BCUT2D eigenvalue weighted by Gasteiger charge is -2.41. The van der Waals surface area contributed by atoms with Crippen LogP contribution in [0.2, 0.25) is 10.0 Å². The predicted molar refractivity (Wildman–Crippen MR) is 203 cm³/mol. The number of likely N-dealkylation sites (tertiary alicyclic amines) is 1. The second kappa shape index (κ2) is 14.5. The van der Waals surface area contributed by atoms with Crippen molar-refractivity contribution in [2.75, 3.05) is 36.9 Å². The number of nitrogens with two attached hydrogens (primary N) is 1. The predicted octanol–water partition coefficient (Wildman–Crippen LogP) is 7.82. The number of aromatic nitrogens is 1. The zero-order valence-corrected chi connectivity index (χ0v) is 30.6. The van der Waals surface area contributed by atoms with Crippen LogP contribution < -0.4 is 21.7 Å². The van der Waals surface area contributed by atoms with Crippen LogP contribution in [-0.2, 0) is 17.8 Å². The minimum atomic E-state index is -0.532. The maximum Gasteiger partial charge on any atom is 0.141 e. The van der Waals surface area contributed by atoms with Crippen LogP contribution in [0.3, 0.4) is 0 Å². The Morgan fingerprint density at radius 2 is 1.84 bits per heavy atom. The van der Waals surface area contributed by atoms with Crippen molar-refractivity contribution in [2.24, 2.45) is 5.73 Å². The molecule has 1 atom stereocenters. The van der Waals surface area contributed by atoms with E-state index in [4.69, 9.17) is 33.7 Å². The number of hydrogen-bond acceptors (Lipinski definition) is 9. The highest BCUT2D eigenvalue weighted by Crippen LogP contribution is 2.39. The van der Waals surface area contributed by atoms with E-state index < -0.39 is 11.9 Å². The number of nitrogens with one attached hydrogen (secondary N) is 3. The van der Waals surface area contributed by atoms with Gasteiger partial charge in [-0.2, -0.15) is 5.26 Å². The fourth-order valence-electron chi connectivity index (χ4n) is 7.24. The molecule has 51 heavy (non-hydrogen) atoms. The summed E-state index contributed by atoms with van der Waals surface area (Å²) in [5, 5.41) is 21.6. The fourth-order valence-corrected chi connectivity index (χ4v) is 7.69. The Bertz CT molecular complexity index is 2010. The molecule has 1 aromatic heterocycles. The summed E-state index contributed by atoms with van der Waals surface area (Å²) in [6, 6.07) is 17.0. The van der Waals surface area contributed by atoms with Crippen molar-refractivity contribution < 1.29 is 9.13 Å². The molecule has 0 bridgehead atoms. The molecule has 3 aromatic carbocycles. The standard InChI is InChI=1S/C39H43Cl2FN8O/c1-39(2,3)50-11-9-25(10-12-50)45-18-35(44)38(29-6-4-5-23-19-49(20-31(23)29)28-21-51-22-28)48-27-13-30-36(47-26-7-8-34(42)32(40)14-26)24(16-43)17-46-37(30)33(41)15-27/h4-8,13-15,17-18,25,28,38,45,48H,9-12,19-22,44H2,1-3H3,(H,46,47)/b35-18-. The van der Waals surface area contributed by atoms with Gasteiger partial charge in [0.15, 0.2) is 0 Å². The quantitative estimate of drug-likeness (QED) is 0.137. The molecule has 0 saturated carbocycles. The van der Waals surface area contributed by atoms with Crippen molar-refractivity contribution in [3.8, 4) is 6.07 Å². The van der Waals surface area contributed by atoms with E-state index in [0.29, 0.717) is 56.3 Å². The topological polar surface area (TPSA) is 114 Å². The van der Waals surface area contributed by atoms with Gasteiger partial charge in [0.2, 0.25) is 0 Å². The molecule has 7 rings (SSSR count). The van der Waals surface area contributed by atoms with Gasteiger partial charge in [-0.15, -0.1) is 0 Å². The van der Waals surface area contributed by atoms with Gasteiger partial charge in [0.25, 0.3) is 0 Å². The summed E-state index contributed by atoms with van der Waals surface area (Å²) < 4.78 is 19.5. The van der Waals surface area contributed by atoms with E-state index in [2.05, 4.69) is 75.8 Å². The minimum absolute atomic E-state index is 0.0329. The number of anilines is 3. The minimum Gasteiger partial charge on any atom is -0.399 e. The van der Waals surface area contributed by atoms with E-state index in [1.165, 1.54) is 29.5 Å². The number of nitriles is 1. The first-order valence-electron chi connectivity index (χ1n) is 17.4. The highest BCUT2D eigenvalue weighted by Gasteiger charge is 2.34. The third-order valence-electron chi connectivity index (χ3n) is 10.3. The van der Waals surface area contributed by atoms with Gasteiger partial charge in [-0.25, -0.2) is 4.39 Å². The lowest BCUT2D eigenvalue weighted by Crippen LogP contribution is -2.49. The molecule has 5 N–H and O–H groups in total. The summed E-state index contributed by atoms with van der Waals surface area (Å²) in [6.07, 6.45) is 5.50. The van der Waals surface area contributed by atoms with Crippen LogP contribution in [0, 0.1) is 17.1 Å². The molecule has 0 spiro atoms. The first kappa shape index (κ1) is 35.3. The molecule has 0 aliphatic carbocycles. The van der Waals surface area contributed by atoms with Crippen molar-refractivity contribution in [1.29, 1.82) is 5.26 Å². The lowest BCUT2D eigenvalue weighted by molar-refractivity contribution is -0.0670. The number of nitrogens with zero attached hydrogens (tertiary/aromatic N) is 4. The molecule has 12 heteroatoms. The molecule has 4 aromatic rings. The second-order valence-corrected chi connectivity index (χ2v) is 15.5. The van der Waals surface area contributed by atoms with Crippen LogP contribution in [0.25, 0.3) is 10.9 Å². The molecule has 2 fully saturated rings. The van der Waals surface area contributed by atoms with Crippen molar-refractivity contribution in [2.45, 2.75) is 70.4 Å². The van der Waals surface area contributed by atoms with Gasteiger partial charge >= 0.3 is 0 Å². The maximum absolute atomic E-state index is 14.0. The average molecular weight is 730 g/mol. The number of piperidine rings is 1. The number of halogens is 3. The summed E-state index contributed by atoms with van der Waals surface area (Å²) in [5.41, 5.74) is 14.0. The molecule has 266 valence electrons. The maximum atomic E-state index is 14.0. The van der Waals surface area contributed by atoms with Crippen molar-refractivity contribution >= 4 is 51.2 Å². The van der Waals surface area contributed by atoms with E-state index in [0.717, 1.165) is 57.8 Å². The highest BCUT2D eigenvalue weighted by atomic mass is 35.5. The van der Waals surface area contributed by atoms with Crippen LogP contribution in [-0.4, -0.2) is 58.7 Å². The normalized spacial score (nSPS) is 18.3. The Morgan fingerprint density at radius 3 is 2.53 bits per heavy atom. The van der Waals surface area contributed by atoms with Gasteiger partial charge in [0.1, 0.15) is 11.9 Å². The van der Waals surface area contributed by atoms with Crippen LogP contribution in [0.5, 0.6) is 0 Å². The fraction of sp³-hybridized carbons (Fsp3) is 0.385. The number of fused-ring (bicyclic) bond motifs is 2. The molecular formula is C39H43Cl2FN8O. The molecule has 9 nitrogen and oxygen atoms in total. The first-order chi connectivity index (χ1) is 24.5. The molecule has 0 radical (unpaired) electrons. The lowest BCUT2D eigenvalue weighted by atomic mass is 9.95. The molecule has 3 aliphatic heterocycles. The van der Waals surface area contributed by atoms with E-state index in [-0.39, 0.29) is 10.6 Å². The average Bonchev–Trinajstić information content (AvgIpc) is 3.51. The van der Waals surface area contributed by atoms with E-state index in [9.17, 15) is 9.65 Å². The Labute approximate surface area is 308 Å². The Balaban J connectivity index is 1.24. The van der Waals surface area contributed by atoms with Gasteiger partial charge in [-0.3, -0.25) is 14.8 Å². The Hall–Kier alpha value is -4.11. The van der Waals surface area contributed by atoms with Crippen LogP contribution in [0.4, 0.5) is 21.5 Å². The van der Waals surface area contributed by atoms with Gasteiger partial charge in [-0.1, -0.05) is 41.4 Å². The molecule has 3 aliphatic rings. The summed E-state index contributed by atoms with van der Waals surface area (Å²) in [5.74, 6) is -0.532. The molecule has 1 unspecified atom stereocenters. The number of hydrogen-bond donors (Lipinski definition) is 4. The van der Waals surface area contributed by atoms with Gasteiger partial charge in [0, 0.05) is 66.9 Å². The SMILES string of the molecule is CC(C)(C)N1CCC(N/C=C(\N)C(Nc2cc(Cl)c3ncc(C#N)c(Nc4ccc(F)c(Cl)c4)c3c2)c2cccc3c2CN(C2COC2)C3)CC1. The number of pyridine rings is 1. The third kappa shape index (κ3) is 7.46. The summed E-state index contributed by atoms with van der Waals surface area (Å²) in [7, 11) is 0. The number of rotatable bonds is 9. The van der Waals surface area contributed by atoms with Crippen LogP contribution >= 0.6 is 23.2 Å². The second-order valence-electron chi connectivity index (χ2n) is 14.7. The van der Waals surface area contributed by atoms with Gasteiger partial charge < -0.3 is 26.4 Å². The van der Waals surface area contributed by atoms with Crippen LogP contribution in [0.15, 0.2) is 66.6 Å². The molecular weight excluding hydrogens is 686 g/mol. The smallest absolute Gasteiger partial charge is 0.141 e. The first-order valence-corrected chi connectivity index (χ1v) is 18.1. The molecule has 2 saturated heterocycles. The van der Waals surface area contributed by atoms with Crippen molar-refractivity contribution in [3.63, 3.8) is 0 Å². The van der Waals surface area contributed by atoms with Gasteiger partial charge in [-0.05, 0) is 80.6 Å². The summed E-state index contributed by atoms with van der Waals surface area (Å²) >= 11 is 13.0. The third-order valence-corrected chi connectivity index (χ3v) is 10.9. The van der Waals surface area contributed by atoms with E-state index in [1.54, 1.807) is 6.07 Å². The van der Waals surface area contributed by atoms with Gasteiger partial charge in [0.05, 0.1) is 57.8 Å². The van der Waals surface area contributed by atoms with E-state index >= 15 is 0 Å². The zero-order valence-electron chi connectivity index (χ0n) is 29.1. The van der Waals surface area contributed by atoms with Crippen molar-refractivity contribution in [3.05, 3.63) is 105 Å². The molecule has 4 heterocycles. The summed E-state index contributed by atoms with van der Waals surface area (Å²) in [4.78, 5) is 9.51. The summed E-state index contributed by atoms with van der Waals surface area (Å²) in [6.45, 7) is 12.0. The largest absolute Gasteiger partial charge is 0.399 e. The van der Waals surface area contributed by atoms with E-state index in [1.807, 2.05) is 18.3 Å². The Morgan fingerprint density at radius 1 is 1.08 bits per heavy atom. The van der Waals surface area contributed by atoms with Crippen molar-refractivity contribution in [1.82, 2.24) is 20.1 Å². The van der Waals surface area contributed by atoms with Crippen LogP contribution in [0.1, 0.15) is 61.9 Å². The zero-order chi connectivity index (χ0) is 35.9. The highest BCUT2D eigenvalue weighted by molar-refractivity contribution is 6.36. The molecule has 0 amide bonds. The number of ether oxygens (including phenoxy) is 1. The number of benzene rings is 3.